The van der Waals surface area contributed by atoms with E-state index in [0.29, 0.717) is 18.3 Å². The monoisotopic (exact) mass is 408 g/mol. The van der Waals surface area contributed by atoms with Crippen LogP contribution in [0.4, 0.5) is 10.5 Å². The fraction of sp³-hybridized carbons (Fsp3) is 0.565. The number of fused-ring (bicyclic) bond motifs is 1. The molecule has 2 saturated heterocycles. The van der Waals surface area contributed by atoms with Crippen LogP contribution in [-0.2, 0) is 6.42 Å². The average molecular weight is 409 g/mol. The SMILES string of the molecule is CN1CCN(C2CN(c3cccc4c3nc(CC#CC(C)(C)C)n4C(N)=O)C2)CC1. The number of rotatable bonds is 3. The van der Waals surface area contributed by atoms with Gasteiger partial charge < -0.3 is 15.5 Å². The summed E-state index contributed by atoms with van der Waals surface area (Å²) >= 11 is 0. The summed E-state index contributed by atoms with van der Waals surface area (Å²) in [5.74, 6) is 6.98. The Labute approximate surface area is 178 Å². The zero-order valence-electron chi connectivity index (χ0n) is 18.5. The van der Waals surface area contributed by atoms with Crippen LogP contribution in [0, 0.1) is 17.3 Å². The lowest BCUT2D eigenvalue weighted by Crippen LogP contribution is -2.63. The number of carbonyl (C=O) groups excluding carboxylic acids is 1. The van der Waals surface area contributed by atoms with Crippen LogP contribution in [0.1, 0.15) is 26.6 Å². The minimum atomic E-state index is -0.513. The Morgan fingerprint density at radius 1 is 1.20 bits per heavy atom. The summed E-state index contributed by atoms with van der Waals surface area (Å²) in [4.78, 5) is 24.3. The Balaban J connectivity index is 1.57. The molecule has 1 amide bonds. The molecule has 3 heterocycles. The maximum Gasteiger partial charge on any atom is 0.324 e. The van der Waals surface area contributed by atoms with Gasteiger partial charge in [0.2, 0.25) is 0 Å². The van der Waals surface area contributed by atoms with Crippen LogP contribution in [0.3, 0.4) is 0 Å². The minimum absolute atomic E-state index is 0.0926. The van der Waals surface area contributed by atoms with Crippen LogP contribution >= 0.6 is 0 Å². The first-order chi connectivity index (χ1) is 14.2. The Hall–Kier alpha value is -2.56. The molecule has 0 radical (unpaired) electrons. The van der Waals surface area contributed by atoms with E-state index in [2.05, 4.69) is 60.4 Å². The van der Waals surface area contributed by atoms with Gasteiger partial charge in [0.15, 0.2) is 0 Å². The minimum Gasteiger partial charge on any atom is -0.366 e. The summed E-state index contributed by atoms with van der Waals surface area (Å²) in [5, 5.41) is 0. The molecule has 2 fully saturated rings. The summed E-state index contributed by atoms with van der Waals surface area (Å²) in [7, 11) is 2.18. The average Bonchev–Trinajstić information content (AvgIpc) is 3.00. The first-order valence-corrected chi connectivity index (χ1v) is 10.7. The molecule has 2 aliphatic heterocycles. The van der Waals surface area contributed by atoms with Crippen molar-refractivity contribution in [2.45, 2.75) is 33.2 Å². The molecule has 0 saturated carbocycles. The second-order valence-electron chi connectivity index (χ2n) is 9.47. The lowest BCUT2D eigenvalue weighted by atomic mass is 9.98. The van der Waals surface area contributed by atoms with E-state index < -0.39 is 6.03 Å². The number of nitrogens with zero attached hydrogens (tertiary/aromatic N) is 5. The number of carbonyl (C=O) groups is 1. The number of aromatic nitrogens is 2. The van der Waals surface area contributed by atoms with E-state index in [1.54, 1.807) is 0 Å². The highest BCUT2D eigenvalue weighted by molar-refractivity contribution is 5.96. The van der Waals surface area contributed by atoms with Crippen LogP contribution in [0.2, 0.25) is 0 Å². The van der Waals surface area contributed by atoms with Crippen molar-refractivity contribution in [2.75, 3.05) is 51.2 Å². The molecule has 2 N–H and O–H groups in total. The molecular formula is C23H32N6O. The molecule has 1 aromatic carbocycles. The smallest absolute Gasteiger partial charge is 0.324 e. The quantitative estimate of drug-likeness (QED) is 0.787. The van der Waals surface area contributed by atoms with Gasteiger partial charge in [0.25, 0.3) is 0 Å². The van der Waals surface area contributed by atoms with E-state index in [4.69, 9.17) is 10.7 Å². The fourth-order valence-electron chi connectivity index (χ4n) is 4.21. The molecule has 4 rings (SSSR count). The molecule has 0 aliphatic carbocycles. The van der Waals surface area contributed by atoms with Gasteiger partial charge in [-0.2, -0.15) is 0 Å². The molecule has 30 heavy (non-hydrogen) atoms. The Kier molecular flexibility index (Phi) is 5.48. The van der Waals surface area contributed by atoms with Crippen molar-refractivity contribution in [3.63, 3.8) is 0 Å². The number of benzene rings is 1. The van der Waals surface area contributed by atoms with Crippen molar-refractivity contribution >= 4 is 22.8 Å². The van der Waals surface area contributed by atoms with Gasteiger partial charge in [0.05, 0.1) is 17.6 Å². The van der Waals surface area contributed by atoms with E-state index in [1.807, 2.05) is 12.1 Å². The van der Waals surface area contributed by atoms with E-state index in [0.717, 1.165) is 56.0 Å². The number of hydrogen-bond acceptors (Lipinski definition) is 5. The van der Waals surface area contributed by atoms with Crippen LogP contribution in [-0.4, -0.2) is 77.7 Å². The summed E-state index contributed by atoms with van der Waals surface area (Å²) in [6.07, 6.45) is 0.401. The number of imidazole rings is 1. The number of amides is 1. The second-order valence-corrected chi connectivity index (χ2v) is 9.47. The standard InChI is InChI=1S/C23H32N6O/c1-23(2,3)10-6-9-20-25-21-18(7-5-8-19(21)29(20)22(24)30)28-15-17(16-28)27-13-11-26(4)12-14-27/h5,7-8,17H,9,11-16H2,1-4H3,(H2,24,30). The Bertz CT molecular complexity index is 994. The van der Waals surface area contributed by atoms with Crippen molar-refractivity contribution in [3.05, 3.63) is 24.0 Å². The summed E-state index contributed by atoms with van der Waals surface area (Å²) < 4.78 is 1.51. The maximum absolute atomic E-state index is 12.2. The van der Waals surface area contributed by atoms with Gasteiger partial charge in [-0.1, -0.05) is 17.9 Å². The van der Waals surface area contributed by atoms with Crippen LogP contribution in [0.5, 0.6) is 0 Å². The molecule has 0 unspecified atom stereocenters. The lowest BCUT2D eigenvalue weighted by Gasteiger charge is -2.48. The zero-order chi connectivity index (χ0) is 21.5. The molecule has 0 bridgehead atoms. The van der Waals surface area contributed by atoms with Gasteiger partial charge >= 0.3 is 6.03 Å². The number of para-hydroxylation sites is 1. The summed E-state index contributed by atoms with van der Waals surface area (Å²) in [6.45, 7) is 12.7. The van der Waals surface area contributed by atoms with Gasteiger partial charge in [0, 0.05) is 50.7 Å². The molecular weight excluding hydrogens is 376 g/mol. The largest absolute Gasteiger partial charge is 0.366 e. The molecule has 1 aromatic heterocycles. The van der Waals surface area contributed by atoms with Gasteiger partial charge in [-0.05, 0) is 40.0 Å². The number of hydrogen-bond donors (Lipinski definition) is 1. The Morgan fingerprint density at radius 2 is 1.90 bits per heavy atom. The van der Waals surface area contributed by atoms with E-state index in [-0.39, 0.29) is 5.41 Å². The van der Waals surface area contributed by atoms with Crippen LogP contribution in [0.25, 0.3) is 11.0 Å². The fourth-order valence-corrected chi connectivity index (χ4v) is 4.21. The normalized spacial score (nSPS) is 18.9. The number of piperazine rings is 1. The number of likely N-dealkylation sites (N-methyl/N-ethyl adjacent to an activating group) is 1. The van der Waals surface area contributed by atoms with Gasteiger partial charge in [0.1, 0.15) is 11.3 Å². The van der Waals surface area contributed by atoms with Crippen molar-refractivity contribution < 1.29 is 4.79 Å². The Morgan fingerprint density at radius 3 is 2.53 bits per heavy atom. The molecule has 0 atom stereocenters. The van der Waals surface area contributed by atoms with Crippen molar-refractivity contribution in [1.82, 2.24) is 19.4 Å². The summed E-state index contributed by atoms with van der Waals surface area (Å²) in [5.41, 5.74) is 8.27. The van der Waals surface area contributed by atoms with Crippen LogP contribution < -0.4 is 10.6 Å². The van der Waals surface area contributed by atoms with Crippen molar-refractivity contribution in [2.24, 2.45) is 11.1 Å². The predicted molar refractivity (Wildman–Crippen MR) is 121 cm³/mol. The topological polar surface area (TPSA) is 70.6 Å². The third-order valence-electron chi connectivity index (χ3n) is 5.92. The first-order valence-electron chi connectivity index (χ1n) is 10.7. The number of primary amides is 1. The van der Waals surface area contributed by atoms with Crippen molar-refractivity contribution in [3.8, 4) is 11.8 Å². The first kappa shape index (κ1) is 20.7. The van der Waals surface area contributed by atoms with E-state index >= 15 is 0 Å². The molecule has 0 spiro atoms. The van der Waals surface area contributed by atoms with E-state index in [9.17, 15) is 4.79 Å². The van der Waals surface area contributed by atoms with Crippen molar-refractivity contribution in [1.29, 1.82) is 0 Å². The van der Waals surface area contributed by atoms with Gasteiger partial charge in [-0.25, -0.2) is 14.3 Å². The predicted octanol–water partition coefficient (Wildman–Crippen LogP) is 1.99. The number of nitrogens with two attached hydrogens (primary N) is 1. The van der Waals surface area contributed by atoms with Gasteiger partial charge in [-0.3, -0.25) is 4.90 Å². The third-order valence-corrected chi connectivity index (χ3v) is 5.92. The molecule has 2 aromatic rings. The highest BCUT2D eigenvalue weighted by Gasteiger charge is 2.34. The maximum atomic E-state index is 12.2. The molecule has 7 nitrogen and oxygen atoms in total. The highest BCUT2D eigenvalue weighted by Crippen LogP contribution is 2.31. The molecule has 160 valence electrons. The second kappa shape index (κ2) is 7.93. The van der Waals surface area contributed by atoms with E-state index in [1.165, 1.54) is 4.57 Å². The molecule has 7 heteroatoms. The summed E-state index contributed by atoms with van der Waals surface area (Å²) in [6, 6.07) is 6.05. The number of anilines is 1. The zero-order valence-corrected chi connectivity index (χ0v) is 18.5. The molecule has 2 aliphatic rings. The highest BCUT2D eigenvalue weighted by atomic mass is 16.2. The third kappa shape index (κ3) is 4.16. The lowest BCUT2D eigenvalue weighted by molar-refractivity contribution is 0.0964. The van der Waals surface area contributed by atoms with Gasteiger partial charge in [-0.15, -0.1) is 0 Å². The van der Waals surface area contributed by atoms with Crippen LogP contribution in [0.15, 0.2) is 18.2 Å².